The van der Waals surface area contributed by atoms with Crippen molar-refractivity contribution in [2.24, 2.45) is 0 Å². The molecule has 5 nitrogen and oxygen atoms in total. The number of hydrogen-bond donors (Lipinski definition) is 2. The predicted octanol–water partition coefficient (Wildman–Crippen LogP) is 2.46. The Balaban J connectivity index is 1.53. The highest BCUT2D eigenvalue weighted by Crippen LogP contribution is 2.20. The van der Waals surface area contributed by atoms with Gasteiger partial charge >= 0.3 is 0 Å². The molecule has 0 unspecified atom stereocenters. The highest BCUT2D eigenvalue weighted by Gasteiger charge is 2.10. The third-order valence-electron chi connectivity index (χ3n) is 3.36. The van der Waals surface area contributed by atoms with Gasteiger partial charge in [0.1, 0.15) is 5.82 Å². The highest BCUT2D eigenvalue weighted by atomic mass is 32.1. The summed E-state index contributed by atoms with van der Waals surface area (Å²) in [5.41, 5.74) is 2.39. The van der Waals surface area contributed by atoms with E-state index in [0.29, 0.717) is 0 Å². The molecule has 0 spiro atoms. The fraction of sp³-hybridized carbons (Fsp3) is 0.429. The molecule has 0 radical (unpaired) electrons. The molecule has 0 bridgehead atoms. The topological polar surface area (TPSA) is 58.0 Å². The van der Waals surface area contributed by atoms with Crippen LogP contribution in [0.15, 0.2) is 18.6 Å². The van der Waals surface area contributed by atoms with E-state index in [2.05, 4.69) is 44.7 Å². The minimum Gasteiger partial charge on any atom is -0.349 e. The van der Waals surface area contributed by atoms with Crippen LogP contribution >= 0.6 is 11.3 Å². The van der Waals surface area contributed by atoms with Gasteiger partial charge in [-0.1, -0.05) is 0 Å². The van der Waals surface area contributed by atoms with Crippen LogP contribution in [0, 0.1) is 13.8 Å². The summed E-state index contributed by atoms with van der Waals surface area (Å²) in [4.78, 5) is 14.3. The Hall–Kier alpha value is -1.66. The summed E-state index contributed by atoms with van der Waals surface area (Å²) in [5.74, 6) is 1.06. The standard InChI is InChI=1S/C14H19N5S/c1-10-9-19-12(11(2)18-14(19)20-10)8-15-5-3-4-13-16-6-7-17-13/h6-7,9,15H,3-5,8H2,1-2H3,(H,16,17). The first-order valence-electron chi connectivity index (χ1n) is 6.87. The molecule has 3 aromatic rings. The molecular formula is C14H19N5S. The fourth-order valence-corrected chi connectivity index (χ4v) is 3.23. The molecule has 0 aromatic carbocycles. The van der Waals surface area contributed by atoms with Crippen molar-refractivity contribution in [3.8, 4) is 0 Å². The van der Waals surface area contributed by atoms with Gasteiger partial charge in [0.25, 0.3) is 0 Å². The maximum atomic E-state index is 4.60. The smallest absolute Gasteiger partial charge is 0.194 e. The van der Waals surface area contributed by atoms with Gasteiger partial charge in [-0.25, -0.2) is 9.97 Å². The van der Waals surface area contributed by atoms with Crippen molar-refractivity contribution >= 4 is 16.3 Å². The third-order valence-corrected chi connectivity index (χ3v) is 4.25. The summed E-state index contributed by atoms with van der Waals surface area (Å²) in [6, 6.07) is 0. The number of fused-ring (bicyclic) bond motifs is 1. The van der Waals surface area contributed by atoms with Crippen LogP contribution in [-0.2, 0) is 13.0 Å². The van der Waals surface area contributed by atoms with Crippen molar-refractivity contribution in [3.05, 3.63) is 40.7 Å². The van der Waals surface area contributed by atoms with Crippen LogP contribution in [0.25, 0.3) is 4.96 Å². The first-order chi connectivity index (χ1) is 9.74. The number of thiazole rings is 1. The van der Waals surface area contributed by atoms with Gasteiger partial charge in [0.2, 0.25) is 0 Å². The number of nitrogens with one attached hydrogen (secondary N) is 2. The van der Waals surface area contributed by atoms with Gasteiger partial charge in [-0.3, -0.25) is 4.40 Å². The average molecular weight is 289 g/mol. The van der Waals surface area contributed by atoms with Crippen LogP contribution in [0.2, 0.25) is 0 Å². The van der Waals surface area contributed by atoms with Crippen molar-refractivity contribution in [2.45, 2.75) is 33.2 Å². The van der Waals surface area contributed by atoms with E-state index in [0.717, 1.165) is 42.4 Å². The van der Waals surface area contributed by atoms with Crippen molar-refractivity contribution in [1.82, 2.24) is 24.7 Å². The zero-order valence-corrected chi connectivity index (χ0v) is 12.6. The van der Waals surface area contributed by atoms with Gasteiger partial charge < -0.3 is 10.3 Å². The van der Waals surface area contributed by atoms with Crippen LogP contribution in [0.4, 0.5) is 0 Å². The lowest BCUT2D eigenvalue weighted by molar-refractivity contribution is 0.629. The molecule has 0 saturated carbocycles. The maximum absolute atomic E-state index is 4.60. The lowest BCUT2D eigenvalue weighted by atomic mass is 10.3. The van der Waals surface area contributed by atoms with E-state index in [-0.39, 0.29) is 0 Å². The number of nitrogens with zero attached hydrogens (tertiary/aromatic N) is 3. The van der Waals surface area contributed by atoms with E-state index in [1.54, 1.807) is 17.5 Å². The van der Waals surface area contributed by atoms with Crippen molar-refractivity contribution in [1.29, 1.82) is 0 Å². The Kier molecular flexibility index (Phi) is 3.84. The molecule has 0 aliphatic heterocycles. The zero-order valence-electron chi connectivity index (χ0n) is 11.8. The van der Waals surface area contributed by atoms with Crippen LogP contribution in [0.3, 0.4) is 0 Å². The first kappa shape index (κ1) is 13.3. The summed E-state index contributed by atoms with van der Waals surface area (Å²) in [6.45, 7) is 6.04. The largest absolute Gasteiger partial charge is 0.349 e. The normalized spacial score (nSPS) is 11.5. The molecule has 0 amide bonds. The van der Waals surface area contributed by atoms with Crippen molar-refractivity contribution in [2.75, 3.05) is 6.54 Å². The Morgan fingerprint density at radius 1 is 1.40 bits per heavy atom. The monoisotopic (exact) mass is 289 g/mol. The van der Waals surface area contributed by atoms with Crippen LogP contribution < -0.4 is 5.32 Å². The minimum atomic E-state index is 0.862. The van der Waals surface area contributed by atoms with E-state index < -0.39 is 0 Å². The number of aromatic amines is 1. The summed E-state index contributed by atoms with van der Waals surface area (Å²) in [6.07, 6.45) is 7.90. The van der Waals surface area contributed by atoms with E-state index in [1.165, 1.54) is 10.6 Å². The Morgan fingerprint density at radius 2 is 2.30 bits per heavy atom. The third kappa shape index (κ3) is 2.76. The molecule has 6 heteroatoms. The quantitative estimate of drug-likeness (QED) is 0.685. The number of rotatable bonds is 6. The van der Waals surface area contributed by atoms with Crippen molar-refractivity contribution in [3.63, 3.8) is 0 Å². The second kappa shape index (κ2) is 5.76. The molecule has 2 N–H and O–H groups in total. The molecule has 0 saturated heterocycles. The molecule has 106 valence electrons. The first-order valence-corrected chi connectivity index (χ1v) is 7.68. The van der Waals surface area contributed by atoms with Gasteiger partial charge in [-0.2, -0.15) is 0 Å². The Labute approximate surface area is 122 Å². The van der Waals surface area contributed by atoms with Gasteiger partial charge in [0.15, 0.2) is 4.96 Å². The molecule has 0 aliphatic carbocycles. The van der Waals surface area contributed by atoms with E-state index in [9.17, 15) is 0 Å². The number of imidazole rings is 2. The Morgan fingerprint density at radius 3 is 3.10 bits per heavy atom. The van der Waals surface area contributed by atoms with E-state index >= 15 is 0 Å². The minimum absolute atomic E-state index is 0.862. The van der Waals surface area contributed by atoms with Crippen LogP contribution in [-0.4, -0.2) is 25.9 Å². The molecule has 0 atom stereocenters. The number of H-pyrrole nitrogens is 1. The fourth-order valence-electron chi connectivity index (χ4n) is 2.34. The van der Waals surface area contributed by atoms with Gasteiger partial charge in [0, 0.05) is 36.4 Å². The van der Waals surface area contributed by atoms with Crippen LogP contribution in [0.5, 0.6) is 0 Å². The summed E-state index contributed by atoms with van der Waals surface area (Å²) in [5, 5.41) is 3.49. The summed E-state index contributed by atoms with van der Waals surface area (Å²) >= 11 is 1.74. The van der Waals surface area contributed by atoms with Crippen molar-refractivity contribution < 1.29 is 0 Å². The predicted molar refractivity (Wildman–Crippen MR) is 81.2 cm³/mol. The molecule has 0 aliphatic rings. The lowest BCUT2D eigenvalue weighted by Crippen LogP contribution is -2.17. The number of aryl methyl sites for hydroxylation is 3. The summed E-state index contributed by atoms with van der Waals surface area (Å²) in [7, 11) is 0. The highest BCUT2D eigenvalue weighted by molar-refractivity contribution is 7.17. The second-order valence-electron chi connectivity index (χ2n) is 4.95. The lowest BCUT2D eigenvalue weighted by Gasteiger charge is -2.04. The SMILES string of the molecule is Cc1cn2c(CNCCCc3ncc[nH]3)c(C)nc2s1. The van der Waals surface area contributed by atoms with E-state index in [4.69, 9.17) is 0 Å². The van der Waals surface area contributed by atoms with Crippen LogP contribution in [0.1, 0.15) is 28.5 Å². The number of hydrogen-bond acceptors (Lipinski definition) is 4. The van der Waals surface area contributed by atoms with Gasteiger partial charge in [-0.05, 0) is 26.8 Å². The van der Waals surface area contributed by atoms with Gasteiger partial charge in [-0.15, -0.1) is 11.3 Å². The second-order valence-corrected chi connectivity index (χ2v) is 6.17. The zero-order chi connectivity index (χ0) is 13.9. The Bertz CT molecular complexity index is 680. The molecule has 3 heterocycles. The molecular weight excluding hydrogens is 270 g/mol. The molecule has 3 rings (SSSR count). The maximum Gasteiger partial charge on any atom is 0.194 e. The van der Waals surface area contributed by atoms with Gasteiger partial charge in [0.05, 0.1) is 11.4 Å². The average Bonchev–Trinajstić information content (AvgIpc) is 3.08. The molecule has 20 heavy (non-hydrogen) atoms. The molecule has 3 aromatic heterocycles. The summed E-state index contributed by atoms with van der Waals surface area (Å²) < 4.78 is 2.20. The number of aromatic nitrogens is 4. The van der Waals surface area contributed by atoms with E-state index in [1.807, 2.05) is 6.20 Å². The molecule has 0 fully saturated rings.